The summed E-state index contributed by atoms with van der Waals surface area (Å²) in [6.07, 6.45) is 6.03. The van der Waals surface area contributed by atoms with Crippen LogP contribution in [0.3, 0.4) is 0 Å². The van der Waals surface area contributed by atoms with Gasteiger partial charge in [0.05, 0.1) is 5.52 Å². The molecule has 1 heterocycles. The van der Waals surface area contributed by atoms with Gasteiger partial charge in [0.1, 0.15) is 6.61 Å². The number of pyridine rings is 1. The first-order valence-corrected chi connectivity index (χ1v) is 8.40. The number of hydrogen-bond acceptors (Lipinski definition) is 5. The van der Waals surface area contributed by atoms with Gasteiger partial charge >= 0.3 is 0 Å². The van der Waals surface area contributed by atoms with Crippen molar-refractivity contribution in [3.63, 3.8) is 0 Å². The molecule has 0 saturated carbocycles. The molecule has 0 aliphatic carbocycles. The summed E-state index contributed by atoms with van der Waals surface area (Å²) in [6, 6.07) is 5.05. The van der Waals surface area contributed by atoms with Gasteiger partial charge in [-0.25, -0.2) is 0 Å². The summed E-state index contributed by atoms with van der Waals surface area (Å²) < 4.78 is 10.6. The van der Waals surface area contributed by atoms with Crippen LogP contribution in [0.2, 0.25) is 0 Å². The molecule has 0 amide bonds. The molecule has 2 aromatic rings. The molecule has 6 nitrogen and oxygen atoms in total. The molecule has 0 radical (unpaired) electrons. The first-order valence-electron chi connectivity index (χ1n) is 8.40. The van der Waals surface area contributed by atoms with Crippen molar-refractivity contribution < 1.29 is 14.3 Å². The summed E-state index contributed by atoms with van der Waals surface area (Å²) in [5.74, 6) is 0.0667. The monoisotopic (exact) mass is 356 g/mol. The van der Waals surface area contributed by atoms with Gasteiger partial charge in [-0.3, -0.25) is 9.59 Å². The quantitative estimate of drug-likeness (QED) is 0.427. The van der Waals surface area contributed by atoms with E-state index in [0.717, 1.165) is 12.8 Å². The smallest absolute Gasteiger partial charge is 0.298 e. The van der Waals surface area contributed by atoms with Crippen LogP contribution in [0, 0.1) is 0 Å². The molecule has 0 saturated heterocycles. The van der Waals surface area contributed by atoms with E-state index in [0.29, 0.717) is 16.6 Å². The van der Waals surface area contributed by atoms with Gasteiger partial charge in [0, 0.05) is 11.1 Å². The molecular weight excluding hydrogens is 332 g/mol. The van der Waals surface area contributed by atoms with Crippen molar-refractivity contribution in [3.05, 3.63) is 51.9 Å². The molecule has 0 spiro atoms. The van der Waals surface area contributed by atoms with Crippen molar-refractivity contribution >= 4 is 23.1 Å². The zero-order chi connectivity index (χ0) is 19.1. The molecular formula is C20H24N2O4. The number of carbonyl (C=O) groups is 1. The number of nitrogen functional groups attached to an aromatic ring is 1. The van der Waals surface area contributed by atoms with Gasteiger partial charge in [0.2, 0.25) is 5.75 Å². The summed E-state index contributed by atoms with van der Waals surface area (Å²) in [5.41, 5.74) is 8.72. The first-order chi connectivity index (χ1) is 12.4. The topological polar surface area (TPSA) is 94.4 Å². The second-order valence-electron chi connectivity index (χ2n) is 6.31. The van der Waals surface area contributed by atoms with Gasteiger partial charge in [-0.1, -0.05) is 17.2 Å². The zero-order valence-corrected chi connectivity index (χ0v) is 15.3. The maximum Gasteiger partial charge on any atom is 0.298 e. The van der Waals surface area contributed by atoms with E-state index < -0.39 is 5.56 Å². The molecule has 26 heavy (non-hydrogen) atoms. The van der Waals surface area contributed by atoms with Crippen LogP contribution in [0.25, 0.3) is 10.9 Å². The van der Waals surface area contributed by atoms with E-state index in [1.54, 1.807) is 18.2 Å². The van der Waals surface area contributed by atoms with E-state index >= 15 is 0 Å². The molecule has 0 aliphatic rings. The number of nitrogens with one attached hydrogen (secondary N) is 1. The number of carbonyl (C=O) groups excluding carboxylic acids is 1. The molecule has 2 rings (SSSR count). The fourth-order valence-corrected chi connectivity index (χ4v) is 2.52. The Hall–Kier alpha value is -3.02. The van der Waals surface area contributed by atoms with Crippen molar-refractivity contribution in [2.75, 3.05) is 12.3 Å². The second kappa shape index (κ2) is 8.89. The molecule has 3 N–H and O–H groups in total. The Kier molecular flexibility index (Phi) is 6.60. The highest BCUT2D eigenvalue weighted by atomic mass is 16.5. The van der Waals surface area contributed by atoms with E-state index in [9.17, 15) is 9.59 Å². The van der Waals surface area contributed by atoms with Crippen LogP contribution in [0.5, 0.6) is 11.5 Å². The highest BCUT2D eigenvalue weighted by Crippen LogP contribution is 2.32. The third kappa shape index (κ3) is 4.99. The van der Waals surface area contributed by atoms with Crippen LogP contribution < -0.4 is 20.8 Å². The highest BCUT2D eigenvalue weighted by Gasteiger charge is 2.15. The van der Waals surface area contributed by atoms with Gasteiger partial charge in [-0.05, 0) is 57.9 Å². The largest absolute Gasteiger partial charge is 0.485 e. The number of fused-ring (bicyclic) bond motifs is 1. The SMILES string of the molecule is CC(C)=CCCC(C)=CCOc1c(OC=O)c(=O)[nH]c2cc(N)ccc12. The number of anilines is 1. The Morgan fingerprint density at radius 2 is 1.96 bits per heavy atom. The molecule has 1 aromatic carbocycles. The number of allylic oxidation sites excluding steroid dienone is 3. The minimum atomic E-state index is -0.547. The standard InChI is InChI=1S/C20H24N2O4/c1-13(2)5-4-6-14(3)9-10-25-18-16-8-7-15(21)11-17(16)22-20(24)19(18)26-12-23/h5,7-9,11-12H,4,6,10,21H2,1-3H3,(H,22,24). The summed E-state index contributed by atoms with van der Waals surface area (Å²) in [5, 5.41) is 0.617. The van der Waals surface area contributed by atoms with Gasteiger partial charge in [-0.2, -0.15) is 0 Å². The van der Waals surface area contributed by atoms with E-state index in [1.807, 2.05) is 13.0 Å². The number of aromatic amines is 1. The van der Waals surface area contributed by atoms with E-state index in [1.165, 1.54) is 11.1 Å². The predicted octanol–water partition coefficient (Wildman–Crippen LogP) is 3.72. The Balaban J connectivity index is 2.26. The predicted molar refractivity (Wildman–Crippen MR) is 104 cm³/mol. The molecule has 0 bridgehead atoms. The molecule has 0 atom stereocenters. The van der Waals surface area contributed by atoms with Crippen molar-refractivity contribution in [2.24, 2.45) is 0 Å². The van der Waals surface area contributed by atoms with Crippen molar-refractivity contribution in [3.8, 4) is 11.5 Å². The van der Waals surface area contributed by atoms with Crippen LogP contribution in [0.1, 0.15) is 33.6 Å². The van der Waals surface area contributed by atoms with Crippen molar-refractivity contribution in [1.29, 1.82) is 0 Å². The zero-order valence-electron chi connectivity index (χ0n) is 15.3. The molecule has 0 unspecified atom stereocenters. The van der Waals surface area contributed by atoms with Crippen LogP contribution in [0.15, 0.2) is 46.3 Å². The summed E-state index contributed by atoms with van der Waals surface area (Å²) in [7, 11) is 0. The lowest BCUT2D eigenvalue weighted by atomic mass is 10.1. The fraction of sp³-hybridized carbons (Fsp3) is 0.300. The first kappa shape index (κ1) is 19.3. The van der Waals surface area contributed by atoms with E-state index in [2.05, 4.69) is 24.9 Å². The number of ether oxygens (including phenoxy) is 2. The average molecular weight is 356 g/mol. The molecule has 6 heteroatoms. The van der Waals surface area contributed by atoms with Crippen molar-refractivity contribution in [2.45, 2.75) is 33.6 Å². The summed E-state index contributed by atoms with van der Waals surface area (Å²) in [4.78, 5) is 25.6. The normalized spacial score (nSPS) is 11.3. The number of H-pyrrole nitrogens is 1. The summed E-state index contributed by atoms with van der Waals surface area (Å²) >= 11 is 0. The molecule has 138 valence electrons. The maximum absolute atomic E-state index is 12.2. The number of aromatic nitrogens is 1. The number of hydrogen-bond donors (Lipinski definition) is 2. The Morgan fingerprint density at radius 1 is 1.19 bits per heavy atom. The Morgan fingerprint density at radius 3 is 2.65 bits per heavy atom. The van der Waals surface area contributed by atoms with Crippen LogP contribution in [-0.4, -0.2) is 18.1 Å². The lowest BCUT2D eigenvalue weighted by Gasteiger charge is -2.12. The summed E-state index contributed by atoms with van der Waals surface area (Å²) in [6.45, 7) is 6.64. The number of rotatable bonds is 8. The minimum Gasteiger partial charge on any atom is -0.485 e. The average Bonchev–Trinajstić information content (AvgIpc) is 2.57. The minimum absolute atomic E-state index is 0.159. The van der Waals surface area contributed by atoms with Gasteiger partial charge < -0.3 is 20.2 Å². The number of nitrogens with two attached hydrogens (primary N) is 1. The Labute approximate surface area is 152 Å². The molecule has 0 aliphatic heterocycles. The van der Waals surface area contributed by atoms with Gasteiger partial charge in [-0.15, -0.1) is 0 Å². The van der Waals surface area contributed by atoms with Gasteiger partial charge in [0.15, 0.2) is 5.75 Å². The maximum atomic E-state index is 12.2. The van der Waals surface area contributed by atoms with Crippen LogP contribution >= 0.6 is 0 Å². The van der Waals surface area contributed by atoms with E-state index in [-0.39, 0.29) is 24.6 Å². The lowest BCUT2D eigenvalue weighted by Crippen LogP contribution is -2.13. The second-order valence-corrected chi connectivity index (χ2v) is 6.31. The third-order valence-corrected chi connectivity index (χ3v) is 3.87. The highest BCUT2D eigenvalue weighted by molar-refractivity contribution is 5.89. The number of benzene rings is 1. The Bertz CT molecular complexity index is 906. The van der Waals surface area contributed by atoms with Gasteiger partial charge in [0.25, 0.3) is 12.0 Å². The van der Waals surface area contributed by atoms with Crippen LogP contribution in [-0.2, 0) is 4.79 Å². The molecule has 1 aromatic heterocycles. The van der Waals surface area contributed by atoms with Crippen molar-refractivity contribution in [1.82, 2.24) is 4.98 Å². The fourth-order valence-electron chi connectivity index (χ4n) is 2.52. The van der Waals surface area contributed by atoms with E-state index in [4.69, 9.17) is 15.2 Å². The van der Waals surface area contributed by atoms with Crippen LogP contribution in [0.4, 0.5) is 5.69 Å². The molecule has 0 fully saturated rings. The lowest BCUT2D eigenvalue weighted by molar-refractivity contribution is -0.120. The third-order valence-electron chi connectivity index (χ3n) is 3.87.